The monoisotopic (exact) mass is 183 g/mol. The molecule has 0 aliphatic carbocycles. The van der Waals surface area contributed by atoms with Gasteiger partial charge in [-0.1, -0.05) is 6.08 Å². The fraction of sp³-hybridized carbons (Fsp3) is 0.700. The molecule has 1 rings (SSSR count). The summed E-state index contributed by atoms with van der Waals surface area (Å²) in [6.07, 6.45) is 3.84. The zero-order valence-corrected chi connectivity index (χ0v) is 8.16. The Morgan fingerprint density at radius 2 is 2.54 bits per heavy atom. The topological polar surface area (TPSA) is 29.5 Å². The summed E-state index contributed by atoms with van der Waals surface area (Å²) in [5.41, 5.74) is 0. The molecule has 3 heteroatoms. The fourth-order valence-electron chi connectivity index (χ4n) is 1.67. The second kappa shape index (κ2) is 5.02. The Labute approximate surface area is 79.4 Å². The number of hydrogen-bond acceptors (Lipinski definition) is 3. The molecule has 0 bridgehead atoms. The van der Waals surface area contributed by atoms with E-state index in [-0.39, 0.29) is 11.9 Å². The highest BCUT2D eigenvalue weighted by atomic mass is 16.5. The van der Waals surface area contributed by atoms with Gasteiger partial charge in [0.25, 0.3) is 0 Å². The lowest BCUT2D eigenvalue weighted by Gasteiger charge is -2.13. The van der Waals surface area contributed by atoms with Gasteiger partial charge in [0.15, 0.2) is 0 Å². The Kier molecular flexibility index (Phi) is 3.96. The molecule has 1 aliphatic heterocycles. The van der Waals surface area contributed by atoms with Gasteiger partial charge >= 0.3 is 5.97 Å². The number of carbonyl (C=O) groups excluding carboxylic acids is 1. The van der Waals surface area contributed by atoms with Crippen molar-refractivity contribution in [3.05, 3.63) is 12.7 Å². The quantitative estimate of drug-likeness (QED) is 0.482. The van der Waals surface area contributed by atoms with E-state index in [1.807, 2.05) is 6.08 Å². The largest absolute Gasteiger partial charge is 0.469 e. The lowest BCUT2D eigenvalue weighted by Crippen LogP contribution is -2.24. The van der Waals surface area contributed by atoms with Gasteiger partial charge in [-0.3, -0.25) is 4.79 Å². The molecule has 0 aromatic rings. The summed E-state index contributed by atoms with van der Waals surface area (Å²) >= 11 is 0. The molecule has 1 heterocycles. The van der Waals surface area contributed by atoms with Gasteiger partial charge < -0.3 is 9.64 Å². The normalized spacial score (nSPS) is 23.0. The van der Waals surface area contributed by atoms with Gasteiger partial charge in [0, 0.05) is 13.1 Å². The van der Waals surface area contributed by atoms with Gasteiger partial charge in [-0.25, -0.2) is 0 Å². The molecule has 1 saturated heterocycles. The predicted octanol–water partition coefficient (Wildman–Crippen LogP) is 1.06. The number of rotatable bonds is 4. The maximum absolute atomic E-state index is 11.2. The van der Waals surface area contributed by atoms with Crippen LogP contribution in [0.15, 0.2) is 12.7 Å². The van der Waals surface area contributed by atoms with E-state index in [2.05, 4.69) is 11.5 Å². The van der Waals surface area contributed by atoms with Crippen molar-refractivity contribution in [1.29, 1.82) is 0 Å². The van der Waals surface area contributed by atoms with Crippen molar-refractivity contribution in [2.75, 3.05) is 26.7 Å². The van der Waals surface area contributed by atoms with Crippen molar-refractivity contribution in [2.45, 2.75) is 12.8 Å². The molecule has 0 spiro atoms. The van der Waals surface area contributed by atoms with Crippen molar-refractivity contribution in [3.8, 4) is 0 Å². The molecule has 74 valence electrons. The summed E-state index contributed by atoms with van der Waals surface area (Å²) in [6, 6.07) is 0. The smallest absolute Gasteiger partial charge is 0.310 e. The van der Waals surface area contributed by atoms with Crippen molar-refractivity contribution in [2.24, 2.45) is 5.92 Å². The summed E-state index contributed by atoms with van der Waals surface area (Å²) in [4.78, 5) is 13.4. The summed E-state index contributed by atoms with van der Waals surface area (Å²) < 4.78 is 4.70. The van der Waals surface area contributed by atoms with E-state index in [1.54, 1.807) is 0 Å². The molecular formula is C10H17NO2. The van der Waals surface area contributed by atoms with Crippen molar-refractivity contribution < 1.29 is 9.53 Å². The molecule has 0 saturated carbocycles. The highest BCUT2D eigenvalue weighted by Crippen LogP contribution is 2.17. The first-order chi connectivity index (χ1) is 6.27. The first-order valence-corrected chi connectivity index (χ1v) is 4.69. The minimum absolute atomic E-state index is 0.0684. The number of esters is 1. The average molecular weight is 183 g/mol. The lowest BCUT2D eigenvalue weighted by molar-refractivity contribution is -0.144. The van der Waals surface area contributed by atoms with Gasteiger partial charge in [0.2, 0.25) is 0 Å². The summed E-state index contributed by atoms with van der Waals surface area (Å²) in [7, 11) is 1.45. The molecule has 0 amide bonds. The van der Waals surface area contributed by atoms with E-state index >= 15 is 0 Å². The number of methoxy groups -OCH3 is 1. The number of likely N-dealkylation sites (tertiary alicyclic amines) is 1. The van der Waals surface area contributed by atoms with Crippen LogP contribution in [0.25, 0.3) is 0 Å². The van der Waals surface area contributed by atoms with Crippen LogP contribution in [0.4, 0.5) is 0 Å². The van der Waals surface area contributed by atoms with Crippen molar-refractivity contribution in [1.82, 2.24) is 4.90 Å². The van der Waals surface area contributed by atoms with Crippen LogP contribution in [0.5, 0.6) is 0 Å². The van der Waals surface area contributed by atoms with Crippen LogP contribution in [0, 0.1) is 5.92 Å². The van der Waals surface area contributed by atoms with E-state index in [0.717, 1.165) is 32.5 Å². The molecule has 0 aromatic heterocycles. The minimum atomic E-state index is -0.0684. The third-order valence-corrected chi connectivity index (χ3v) is 2.46. The van der Waals surface area contributed by atoms with Gasteiger partial charge in [-0.15, -0.1) is 6.58 Å². The van der Waals surface area contributed by atoms with Crippen LogP contribution in [-0.2, 0) is 9.53 Å². The van der Waals surface area contributed by atoms with Crippen LogP contribution in [0.1, 0.15) is 12.8 Å². The Morgan fingerprint density at radius 1 is 1.77 bits per heavy atom. The minimum Gasteiger partial charge on any atom is -0.469 e. The highest BCUT2D eigenvalue weighted by Gasteiger charge is 2.28. The summed E-state index contributed by atoms with van der Waals surface area (Å²) in [5, 5.41) is 0. The fourth-order valence-corrected chi connectivity index (χ4v) is 1.67. The summed E-state index contributed by atoms with van der Waals surface area (Å²) in [5.74, 6) is 0.0240. The molecular weight excluding hydrogens is 166 g/mol. The van der Waals surface area contributed by atoms with E-state index in [1.165, 1.54) is 7.11 Å². The first kappa shape index (κ1) is 10.3. The molecule has 13 heavy (non-hydrogen) atoms. The zero-order valence-electron chi connectivity index (χ0n) is 8.16. The molecule has 1 fully saturated rings. The molecule has 1 atom stereocenters. The Morgan fingerprint density at radius 3 is 3.15 bits per heavy atom. The first-order valence-electron chi connectivity index (χ1n) is 4.69. The predicted molar refractivity (Wildman–Crippen MR) is 51.4 cm³/mol. The van der Waals surface area contributed by atoms with Gasteiger partial charge in [-0.2, -0.15) is 0 Å². The van der Waals surface area contributed by atoms with Gasteiger partial charge in [0.1, 0.15) is 0 Å². The van der Waals surface area contributed by atoms with Crippen LogP contribution < -0.4 is 0 Å². The lowest BCUT2D eigenvalue weighted by atomic mass is 10.1. The third kappa shape index (κ3) is 2.84. The second-order valence-corrected chi connectivity index (χ2v) is 3.39. The second-order valence-electron chi connectivity index (χ2n) is 3.39. The van der Waals surface area contributed by atoms with Crippen molar-refractivity contribution >= 4 is 5.97 Å². The summed E-state index contributed by atoms with van der Waals surface area (Å²) in [6.45, 7) is 6.54. The van der Waals surface area contributed by atoms with Gasteiger partial charge in [-0.05, 0) is 19.4 Å². The number of ether oxygens (including phenoxy) is 1. The zero-order chi connectivity index (χ0) is 9.68. The van der Waals surface area contributed by atoms with Crippen molar-refractivity contribution in [3.63, 3.8) is 0 Å². The molecule has 1 unspecified atom stereocenters. The maximum Gasteiger partial charge on any atom is 0.310 e. The van der Waals surface area contributed by atoms with Gasteiger partial charge in [0.05, 0.1) is 13.0 Å². The maximum atomic E-state index is 11.2. The van der Waals surface area contributed by atoms with Crippen LogP contribution in [0.2, 0.25) is 0 Å². The van der Waals surface area contributed by atoms with E-state index in [4.69, 9.17) is 4.74 Å². The Bertz CT molecular complexity index is 191. The Balaban J connectivity index is 2.27. The van der Waals surface area contributed by atoms with E-state index < -0.39 is 0 Å². The molecule has 3 nitrogen and oxygen atoms in total. The Hall–Kier alpha value is -0.830. The number of carbonyl (C=O) groups is 1. The van der Waals surface area contributed by atoms with Crippen LogP contribution in [-0.4, -0.2) is 37.6 Å². The SMILES string of the molecule is C=CCCN1CCC(C(=O)OC)C1. The molecule has 0 N–H and O–H groups in total. The molecule has 0 aromatic carbocycles. The average Bonchev–Trinajstić information content (AvgIpc) is 2.62. The molecule has 1 aliphatic rings. The molecule has 0 radical (unpaired) electrons. The standard InChI is InChI=1S/C10H17NO2/c1-3-4-6-11-7-5-9(8-11)10(12)13-2/h3,9H,1,4-8H2,2H3. The van der Waals surface area contributed by atoms with Crippen LogP contribution >= 0.6 is 0 Å². The highest BCUT2D eigenvalue weighted by molar-refractivity contribution is 5.72. The van der Waals surface area contributed by atoms with E-state index in [9.17, 15) is 4.79 Å². The van der Waals surface area contributed by atoms with Crippen LogP contribution in [0.3, 0.4) is 0 Å². The van der Waals surface area contributed by atoms with E-state index in [0.29, 0.717) is 0 Å². The number of hydrogen-bond donors (Lipinski definition) is 0. The number of nitrogens with zero attached hydrogens (tertiary/aromatic N) is 1. The third-order valence-electron chi connectivity index (χ3n) is 2.46.